The summed E-state index contributed by atoms with van der Waals surface area (Å²) >= 11 is 17.9. The number of aliphatic hydroxyl groups excluding tert-OH is 1. The Morgan fingerprint density at radius 3 is 2.26 bits per heavy atom. The summed E-state index contributed by atoms with van der Waals surface area (Å²) in [5.74, 6) is 0. The van der Waals surface area contributed by atoms with Crippen LogP contribution in [-0.2, 0) is 12.8 Å². The Kier molecular flexibility index (Phi) is 5.12. The molecule has 0 amide bonds. The predicted octanol–water partition coefficient (Wildman–Crippen LogP) is 4.79. The summed E-state index contributed by atoms with van der Waals surface area (Å²) in [5, 5.41) is 11.8. The fourth-order valence-corrected chi connectivity index (χ4v) is 2.45. The van der Waals surface area contributed by atoms with Crippen LogP contribution in [0.3, 0.4) is 0 Å². The van der Waals surface area contributed by atoms with Crippen LogP contribution in [0.5, 0.6) is 0 Å². The van der Waals surface area contributed by atoms with Crippen LogP contribution in [0, 0.1) is 0 Å². The lowest BCUT2D eigenvalue weighted by atomic mass is 10.0. The van der Waals surface area contributed by atoms with E-state index in [4.69, 9.17) is 34.8 Å². The molecule has 100 valence electrons. The second-order valence-corrected chi connectivity index (χ2v) is 5.62. The molecular formula is C15H13Cl3O. The maximum absolute atomic E-state index is 10.1. The summed E-state index contributed by atoms with van der Waals surface area (Å²) in [6.45, 7) is 0. The van der Waals surface area contributed by atoms with Gasteiger partial charge in [0, 0.05) is 11.4 Å². The highest BCUT2D eigenvalue weighted by atomic mass is 35.5. The largest absolute Gasteiger partial charge is 0.392 e. The fourth-order valence-electron chi connectivity index (χ4n) is 1.92. The Bertz CT molecular complexity index is 552. The third kappa shape index (κ3) is 4.12. The first-order valence-corrected chi connectivity index (χ1v) is 7.05. The number of aliphatic hydroxyl groups is 1. The summed E-state index contributed by atoms with van der Waals surface area (Å²) in [6, 6.07) is 12.9. The Hall–Kier alpha value is -0.730. The number of rotatable bonds is 4. The Morgan fingerprint density at radius 1 is 0.895 bits per heavy atom. The molecule has 0 aliphatic rings. The van der Waals surface area contributed by atoms with E-state index in [1.165, 1.54) is 0 Å². The molecule has 0 aliphatic heterocycles. The topological polar surface area (TPSA) is 20.2 Å². The monoisotopic (exact) mass is 314 g/mol. The Morgan fingerprint density at radius 2 is 1.58 bits per heavy atom. The molecule has 2 aromatic carbocycles. The van der Waals surface area contributed by atoms with E-state index < -0.39 is 6.10 Å². The van der Waals surface area contributed by atoms with E-state index in [2.05, 4.69) is 0 Å². The maximum Gasteiger partial charge on any atom is 0.0625 e. The van der Waals surface area contributed by atoms with Crippen molar-refractivity contribution in [3.63, 3.8) is 0 Å². The molecule has 1 nitrogen and oxygen atoms in total. The molecule has 0 aromatic heterocycles. The van der Waals surface area contributed by atoms with Crippen molar-refractivity contribution in [2.24, 2.45) is 0 Å². The molecule has 0 bridgehead atoms. The van der Waals surface area contributed by atoms with Crippen LogP contribution in [0.1, 0.15) is 11.1 Å². The van der Waals surface area contributed by atoms with Crippen molar-refractivity contribution < 1.29 is 5.11 Å². The minimum Gasteiger partial charge on any atom is -0.392 e. The van der Waals surface area contributed by atoms with Crippen molar-refractivity contribution in [2.75, 3.05) is 0 Å². The van der Waals surface area contributed by atoms with E-state index >= 15 is 0 Å². The molecule has 0 saturated heterocycles. The molecule has 2 aromatic rings. The lowest BCUT2D eigenvalue weighted by molar-refractivity contribution is 0.175. The van der Waals surface area contributed by atoms with Gasteiger partial charge in [-0.3, -0.25) is 0 Å². The number of benzene rings is 2. The van der Waals surface area contributed by atoms with Crippen molar-refractivity contribution in [1.29, 1.82) is 0 Å². The van der Waals surface area contributed by atoms with Gasteiger partial charge in [0.1, 0.15) is 0 Å². The number of hydrogen-bond donors (Lipinski definition) is 1. The third-order valence-electron chi connectivity index (χ3n) is 2.87. The molecule has 19 heavy (non-hydrogen) atoms. The van der Waals surface area contributed by atoms with Gasteiger partial charge in [0.15, 0.2) is 0 Å². The molecule has 0 saturated carbocycles. The van der Waals surface area contributed by atoms with E-state index in [0.29, 0.717) is 27.9 Å². The Balaban J connectivity index is 2.03. The highest BCUT2D eigenvalue weighted by Crippen LogP contribution is 2.26. The molecule has 2 rings (SSSR count). The summed E-state index contributed by atoms with van der Waals surface area (Å²) in [5.41, 5.74) is 1.89. The van der Waals surface area contributed by atoms with E-state index in [1.54, 1.807) is 6.07 Å². The third-order valence-corrected chi connectivity index (χ3v) is 3.98. The highest BCUT2D eigenvalue weighted by molar-refractivity contribution is 6.42. The van der Waals surface area contributed by atoms with Gasteiger partial charge in [-0.2, -0.15) is 0 Å². The molecule has 1 N–H and O–H groups in total. The van der Waals surface area contributed by atoms with Gasteiger partial charge >= 0.3 is 0 Å². The molecule has 4 heteroatoms. The normalized spacial score (nSPS) is 12.4. The van der Waals surface area contributed by atoms with Gasteiger partial charge in [0.05, 0.1) is 16.1 Å². The maximum atomic E-state index is 10.1. The van der Waals surface area contributed by atoms with E-state index in [-0.39, 0.29) is 0 Å². The quantitative estimate of drug-likeness (QED) is 0.860. The van der Waals surface area contributed by atoms with Crippen LogP contribution in [-0.4, -0.2) is 11.2 Å². The molecule has 0 fully saturated rings. The fraction of sp³-hybridized carbons (Fsp3) is 0.200. The van der Waals surface area contributed by atoms with Crippen LogP contribution in [0.2, 0.25) is 15.1 Å². The molecular weight excluding hydrogens is 303 g/mol. The van der Waals surface area contributed by atoms with Gasteiger partial charge in [-0.25, -0.2) is 0 Å². The molecule has 1 unspecified atom stereocenters. The summed E-state index contributed by atoms with van der Waals surface area (Å²) in [7, 11) is 0. The summed E-state index contributed by atoms with van der Waals surface area (Å²) < 4.78 is 0. The van der Waals surface area contributed by atoms with E-state index in [0.717, 1.165) is 11.1 Å². The van der Waals surface area contributed by atoms with Gasteiger partial charge in [-0.05, 0) is 35.7 Å². The number of halogens is 3. The zero-order chi connectivity index (χ0) is 13.8. The Labute approximate surface area is 127 Å². The van der Waals surface area contributed by atoms with Gasteiger partial charge in [0.25, 0.3) is 0 Å². The predicted molar refractivity (Wildman–Crippen MR) is 81.3 cm³/mol. The summed E-state index contributed by atoms with van der Waals surface area (Å²) in [6.07, 6.45) is 0.527. The van der Waals surface area contributed by atoms with Crippen LogP contribution in [0.25, 0.3) is 0 Å². The number of hydrogen-bond acceptors (Lipinski definition) is 1. The van der Waals surface area contributed by atoms with Crippen LogP contribution < -0.4 is 0 Å². The first kappa shape index (κ1) is 14.7. The molecule has 0 radical (unpaired) electrons. The SMILES string of the molecule is OC(Cc1ccc(Cl)cc1)Cc1cccc(Cl)c1Cl. The second-order valence-electron chi connectivity index (χ2n) is 4.40. The van der Waals surface area contributed by atoms with Crippen LogP contribution in [0.4, 0.5) is 0 Å². The van der Waals surface area contributed by atoms with Gasteiger partial charge in [-0.15, -0.1) is 0 Å². The molecule has 0 heterocycles. The first-order chi connectivity index (χ1) is 9.06. The van der Waals surface area contributed by atoms with E-state index in [9.17, 15) is 5.11 Å². The van der Waals surface area contributed by atoms with Crippen molar-refractivity contribution >= 4 is 34.8 Å². The van der Waals surface area contributed by atoms with E-state index in [1.807, 2.05) is 36.4 Å². The average Bonchev–Trinajstić information content (AvgIpc) is 2.38. The lowest BCUT2D eigenvalue weighted by Gasteiger charge is -2.12. The average molecular weight is 316 g/mol. The highest BCUT2D eigenvalue weighted by Gasteiger charge is 2.11. The lowest BCUT2D eigenvalue weighted by Crippen LogP contribution is -2.14. The molecule has 1 atom stereocenters. The second kappa shape index (κ2) is 6.62. The minimum atomic E-state index is -0.503. The minimum absolute atomic E-state index is 0.474. The zero-order valence-corrected chi connectivity index (χ0v) is 12.4. The van der Waals surface area contributed by atoms with Crippen molar-refractivity contribution in [1.82, 2.24) is 0 Å². The van der Waals surface area contributed by atoms with Crippen molar-refractivity contribution in [3.8, 4) is 0 Å². The van der Waals surface area contributed by atoms with Crippen molar-refractivity contribution in [2.45, 2.75) is 18.9 Å². The molecule has 0 spiro atoms. The zero-order valence-electron chi connectivity index (χ0n) is 10.1. The van der Waals surface area contributed by atoms with Gasteiger partial charge in [0.2, 0.25) is 0 Å². The van der Waals surface area contributed by atoms with Gasteiger partial charge in [-0.1, -0.05) is 59.1 Å². The first-order valence-electron chi connectivity index (χ1n) is 5.91. The standard InChI is InChI=1S/C15H13Cl3O/c16-12-6-4-10(5-7-12)8-13(19)9-11-2-1-3-14(17)15(11)18/h1-7,13,19H,8-9H2. The van der Waals surface area contributed by atoms with Gasteiger partial charge < -0.3 is 5.11 Å². The molecule has 0 aliphatic carbocycles. The summed E-state index contributed by atoms with van der Waals surface area (Å²) in [4.78, 5) is 0. The van der Waals surface area contributed by atoms with Crippen molar-refractivity contribution in [3.05, 3.63) is 68.7 Å². The van der Waals surface area contributed by atoms with Crippen LogP contribution in [0.15, 0.2) is 42.5 Å². The smallest absolute Gasteiger partial charge is 0.0625 e. The van der Waals surface area contributed by atoms with Crippen LogP contribution >= 0.6 is 34.8 Å².